The number of anilines is 1. The molecule has 2 aromatic rings. The van der Waals surface area contributed by atoms with Crippen molar-refractivity contribution in [3.63, 3.8) is 0 Å². The van der Waals surface area contributed by atoms with Crippen molar-refractivity contribution in [3.05, 3.63) is 54.6 Å². The maximum atomic E-state index is 3.84. The molecule has 0 aromatic heterocycles. The van der Waals surface area contributed by atoms with Crippen molar-refractivity contribution < 1.29 is 0 Å². The summed E-state index contributed by atoms with van der Waals surface area (Å²) in [6.07, 6.45) is 2.70. The second-order valence-corrected chi connectivity index (χ2v) is 6.30. The average molecular weight is 278 g/mol. The first kappa shape index (κ1) is 12.9. The van der Waals surface area contributed by atoms with Gasteiger partial charge >= 0.3 is 0 Å². The highest BCUT2D eigenvalue weighted by atomic mass is 15.2. The first-order valence-electron chi connectivity index (χ1n) is 8.03. The van der Waals surface area contributed by atoms with E-state index in [0.717, 1.165) is 5.92 Å². The maximum absolute atomic E-state index is 3.84. The number of para-hydroxylation sites is 1. The van der Waals surface area contributed by atoms with Gasteiger partial charge in [-0.25, -0.2) is 0 Å². The Balaban J connectivity index is 1.61. The van der Waals surface area contributed by atoms with Gasteiger partial charge < -0.3 is 10.2 Å². The van der Waals surface area contributed by atoms with Crippen LogP contribution < -0.4 is 5.32 Å². The van der Waals surface area contributed by atoms with Gasteiger partial charge in [0.05, 0.1) is 0 Å². The number of nitrogens with one attached hydrogen (secondary N) is 1. The number of benzene rings is 2. The zero-order valence-electron chi connectivity index (χ0n) is 12.3. The molecule has 3 saturated heterocycles. The van der Waals surface area contributed by atoms with Gasteiger partial charge in [0.15, 0.2) is 0 Å². The molecule has 0 aliphatic carbocycles. The molecule has 3 heterocycles. The minimum Gasteiger partial charge on any atom is -0.380 e. The van der Waals surface area contributed by atoms with Gasteiger partial charge in [0.2, 0.25) is 0 Å². The van der Waals surface area contributed by atoms with E-state index in [4.69, 9.17) is 0 Å². The van der Waals surface area contributed by atoms with Crippen LogP contribution in [0.5, 0.6) is 0 Å². The Hall–Kier alpha value is -1.80. The molecule has 2 bridgehead atoms. The summed E-state index contributed by atoms with van der Waals surface area (Å²) in [5, 5.41) is 3.84. The molecule has 2 aromatic carbocycles. The van der Waals surface area contributed by atoms with Crippen LogP contribution in [-0.2, 0) is 0 Å². The molecule has 21 heavy (non-hydrogen) atoms. The lowest BCUT2D eigenvalue weighted by Crippen LogP contribution is -2.53. The lowest BCUT2D eigenvalue weighted by atomic mass is 9.83. The molecule has 0 saturated carbocycles. The highest BCUT2D eigenvalue weighted by Crippen LogP contribution is 2.33. The Labute approximate surface area is 126 Å². The van der Waals surface area contributed by atoms with Crippen molar-refractivity contribution in [2.45, 2.75) is 18.9 Å². The summed E-state index contributed by atoms with van der Waals surface area (Å²) in [5.41, 5.74) is 3.89. The van der Waals surface area contributed by atoms with Crippen molar-refractivity contribution in [2.75, 3.05) is 25.0 Å². The normalized spacial score (nSPS) is 27.5. The summed E-state index contributed by atoms with van der Waals surface area (Å²) in [4.78, 5) is 2.60. The lowest BCUT2D eigenvalue weighted by Gasteiger charge is -2.45. The number of hydrogen-bond acceptors (Lipinski definition) is 2. The van der Waals surface area contributed by atoms with Gasteiger partial charge in [-0.2, -0.15) is 0 Å². The van der Waals surface area contributed by atoms with Crippen molar-refractivity contribution >= 4 is 5.69 Å². The molecule has 1 unspecified atom stereocenters. The van der Waals surface area contributed by atoms with E-state index >= 15 is 0 Å². The molecule has 108 valence electrons. The van der Waals surface area contributed by atoms with Gasteiger partial charge in [-0.15, -0.1) is 0 Å². The van der Waals surface area contributed by atoms with E-state index < -0.39 is 0 Å². The van der Waals surface area contributed by atoms with Crippen LogP contribution in [0.15, 0.2) is 54.6 Å². The average Bonchev–Trinajstić information content (AvgIpc) is 2.57. The molecule has 0 amide bonds. The van der Waals surface area contributed by atoms with E-state index in [0.29, 0.717) is 6.04 Å². The smallest absolute Gasteiger partial charge is 0.0422 e. The molecule has 0 radical (unpaired) electrons. The summed E-state index contributed by atoms with van der Waals surface area (Å²) < 4.78 is 0. The molecule has 3 aliphatic rings. The fraction of sp³-hybridized carbons (Fsp3) is 0.368. The number of piperidine rings is 3. The van der Waals surface area contributed by atoms with Crippen molar-refractivity contribution in [1.29, 1.82) is 0 Å². The summed E-state index contributed by atoms with van der Waals surface area (Å²) in [5.74, 6) is 0.846. The van der Waals surface area contributed by atoms with Crippen LogP contribution in [0.1, 0.15) is 12.8 Å². The topological polar surface area (TPSA) is 15.3 Å². The lowest BCUT2D eigenvalue weighted by molar-refractivity contribution is 0.0975. The van der Waals surface area contributed by atoms with Gasteiger partial charge in [-0.1, -0.05) is 48.5 Å². The van der Waals surface area contributed by atoms with Crippen LogP contribution in [0.3, 0.4) is 0 Å². The zero-order chi connectivity index (χ0) is 14.1. The van der Waals surface area contributed by atoms with E-state index in [1.54, 1.807) is 0 Å². The fourth-order valence-corrected chi connectivity index (χ4v) is 3.81. The third kappa shape index (κ3) is 2.56. The van der Waals surface area contributed by atoms with E-state index in [1.165, 1.54) is 49.3 Å². The number of fused-ring (bicyclic) bond motifs is 3. The summed E-state index contributed by atoms with van der Waals surface area (Å²) >= 11 is 0. The Morgan fingerprint density at radius 2 is 1.57 bits per heavy atom. The number of rotatable bonds is 3. The van der Waals surface area contributed by atoms with Gasteiger partial charge in [0.1, 0.15) is 0 Å². The van der Waals surface area contributed by atoms with Gasteiger partial charge in [-0.3, -0.25) is 0 Å². The largest absolute Gasteiger partial charge is 0.380 e. The summed E-state index contributed by atoms with van der Waals surface area (Å²) in [6.45, 7) is 3.79. The first-order chi connectivity index (χ1) is 10.4. The maximum Gasteiger partial charge on any atom is 0.0422 e. The molecule has 2 heteroatoms. The minimum atomic E-state index is 0.609. The molecule has 1 N–H and O–H groups in total. The standard InChI is InChI=1S/C19H22N2/c1-2-6-15(7-3-1)17-8-4-5-9-18(17)20-19-14-21-12-10-16(19)11-13-21/h1-9,16,19-20H,10-14H2. The Kier molecular flexibility index (Phi) is 3.40. The Morgan fingerprint density at radius 3 is 2.29 bits per heavy atom. The summed E-state index contributed by atoms with van der Waals surface area (Å²) in [7, 11) is 0. The second-order valence-electron chi connectivity index (χ2n) is 6.30. The van der Waals surface area contributed by atoms with E-state index in [9.17, 15) is 0 Å². The molecule has 3 aliphatic heterocycles. The second kappa shape index (κ2) is 5.53. The van der Waals surface area contributed by atoms with Gasteiger partial charge in [-0.05, 0) is 43.5 Å². The third-order valence-corrected chi connectivity index (χ3v) is 5.01. The summed E-state index contributed by atoms with van der Waals surface area (Å²) in [6, 6.07) is 20.0. The zero-order valence-corrected chi connectivity index (χ0v) is 12.3. The Bertz CT molecular complexity index is 600. The van der Waals surface area contributed by atoms with Gasteiger partial charge in [0.25, 0.3) is 0 Å². The molecule has 0 spiro atoms. The molecule has 3 fully saturated rings. The minimum absolute atomic E-state index is 0.609. The first-order valence-corrected chi connectivity index (χ1v) is 8.03. The predicted octanol–water partition coefficient (Wildman–Crippen LogP) is 3.86. The fourth-order valence-electron chi connectivity index (χ4n) is 3.81. The van der Waals surface area contributed by atoms with Crippen molar-refractivity contribution in [2.24, 2.45) is 5.92 Å². The monoisotopic (exact) mass is 278 g/mol. The van der Waals surface area contributed by atoms with Crippen molar-refractivity contribution in [3.8, 4) is 11.1 Å². The molecule has 1 atom stereocenters. The number of nitrogens with zero attached hydrogens (tertiary/aromatic N) is 1. The molecular weight excluding hydrogens is 256 g/mol. The van der Waals surface area contributed by atoms with Crippen LogP contribution in [0, 0.1) is 5.92 Å². The highest BCUT2D eigenvalue weighted by molar-refractivity contribution is 5.78. The van der Waals surface area contributed by atoms with E-state index in [1.807, 2.05) is 0 Å². The number of hydrogen-bond donors (Lipinski definition) is 1. The van der Waals surface area contributed by atoms with Crippen LogP contribution in [-0.4, -0.2) is 30.6 Å². The quantitative estimate of drug-likeness (QED) is 0.917. The van der Waals surface area contributed by atoms with Crippen LogP contribution >= 0.6 is 0 Å². The molecule has 2 nitrogen and oxygen atoms in total. The van der Waals surface area contributed by atoms with Crippen LogP contribution in [0.4, 0.5) is 5.69 Å². The molecular formula is C19H22N2. The van der Waals surface area contributed by atoms with Crippen LogP contribution in [0.25, 0.3) is 11.1 Å². The van der Waals surface area contributed by atoms with E-state index in [2.05, 4.69) is 64.8 Å². The SMILES string of the molecule is c1ccc(-c2ccccc2NC2CN3CCC2CC3)cc1. The van der Waals surface area contributed by atoms with Gasteiger partial charge in [0, 0.05) is 23.8 Å². The highest BCUT2D eigenvalue weighted by Gasteiger charge is 2.34. The molecule has 5 rings (SSSR count). The van der Waals surface area contributed by atoms with E-state index in [-0.39, 0.29) is 0 Å². The predicted molar refractivity (Wildman–Crippen MR) is 88.5 cm³/mol. The Morgan fingerprint density at radius 1 is 0.857 bits per heavy atom. The van der Waals surface area contributed by atoms with Crippen molar-refractivity contribution in [1.82, 2.24) is 4.90 Å². The third-order valence-electron chi connectivity index (χ3n) is 5.01. The van der Waals surface area contributed by atoms with Crippen LogP contribution in [0.2, 0.25) is 0 Å².